The number of thiophene rings is 1. The number of nitrogens with zero attached hydrogens (tertiary/aromatic N) is 3. The second kappa shape index (κ2) is 5.47. The molecule has 1 unspecified atom stereocenters. The minimum atomic E-state index is 0.489. The van der Waals surface area contributed by atoms with Gasteiger partial charge in [0.15, 0.2) is 0 Å². The summed E-state index contributed by atoms with van der Waals surface area (Å²) >= 11 is 1.83. The van der Waals surface area contributed by atoms with Crippen LogP contribution in [-0.4, -0.2) is 28.0 Å². The zero-order chi connectivity index (χ0) is 12.3. The molecule has 0 fully saturated rings. The SMILES string of the molecule is CC(c1cccs1)N(C)CCc1cncn1C. The lowest BCUT2D eigenvalue weighted by atomic mass is 10.2. The van der Waals surface area contributed by atoms with Gasteiger partial charge in [-0.3, -0.25) is 4.90 Å². The molecule has 2 aromatic heterocycles. The van der Waals surface area contributed by atoms with Crippen molar-refractivity contribution in [2.45, 2.75) is 19.4 Å². The van der Waals surface area contributed by atoms with E-state index >= 15 is 0 Å². The van der Waals surface area contributed by atoms with E-state index in [1.165, 1.54) is 10.6 Å². The summed E-state index contributed by atoms with van der Waals surface area (Å²) in [5.41, 5.74) is 1.29. The molecule has 0 radical (unpaired) electrons. The fourth-order valence-corrected chi connectivity index (χ4v) is 2.70. The summed E-state index contributed by atoms with van der Waals surface area (Å²) in [4.78, 5) is 7.96. The monoisotopic (exact) mass is 249 g/mol. The van der Waals surface area contributed by atoms with Gasteiger partial charge in [-0.05, 0) is 25.4 Å². The Hall–Kier alpha value is -1.13. The third-order valence-corrected chi connectivity index (χ3v) is 4.30. The molecular formula is C13H19N3S. The molecule has 3 nitrogen and oxygen atoms in total. The van der Waals surface area contributed by atoms with Gasteiger partial charge >= 0.3 is 0 Å². The molecule has 0 saturated carbocycles. The minimum Gasteiger partial charge on any atom is -0.338 e. The van der Waals surface area contributed by atoms with Crippen molar-refractivity contribution in [3.05, 3.63) is 40.6 Å². The van der Waals surface area contributed by atoms with Gasteiger partial charge in [-0.1, -0.05) is 6.07 Å². The molecule has 2 heterocycles. The first kappa shape index (κ1) is 12.3. The summed E-state index contributed by atoms with van der Waals surface area (Å²) in [6.07, 6.45) is 4.85. The number of rotatable bonds is 5. The third-order valence-electron chi connectivity index (χ3n) is 3.25. The Balaban J connectivity index is 1.89. The number of hydrogen-bond donors (Lipinski definition) is 0. The molecule has 0 amide bonds. The molecule has 0 aliphatic heterocycles. The van der Waals surface area contributed by atoms with Gasteiger partial charge < -0.3 is 4.57 Å². The van der Waals surface area contributed by atoms with Crippen LogP contribution in [0.15, 0.2) is 30.0 Å². The van der Waals surface area contributed by atoms with Crippen molar-refractivity contribution < 1.29 is 0 Å². The summed E-state index contributed by atoms with van der Waals surface area (Å²) in [6, 6.07) is 4.81. The summed E-state index contributed by atoms with van der Waals surface area (Å²) in [7, 11) is 4.23. The maximum atomic E-state index is 4.14. The highest BCUT2D eigenvalue weighted by molar-refractivity contribution is 7.10. The highest BCUT2D eigenvalue weighted by atomic mass is 32.1. The quantitative estimate of drug-likeness (QED) is 0.812. The van der Waals surface area contributed by atoms with E-state index in [2.05, 4.69) is 45.9 Å². The Morgan fingerprint density at radius 3 is 2.94 bits per heavy atom. The van der Waals surface area contributed by atoms with E-state index in [9.17, 15) is 0 Å². The molecule has 0 saturated heterocycles. The van der Waals surface area contributed by atoms with Gasteiger partial charge in [0.25, 0.3) is 0 Å². The average molecular weight is 249 g/mol. The van der Waals surface area contributed by atoms with Crippen LogP contribution in [0.2, 0.25) is 0 Å². The second-order valence-electron chi connectivity index (χ2n) is 4.42. The first-order valence-electron chi connectivity index (χ1n) is 5.87. The Labute approximate surface area is 107 Å². The van der Waals surface area contributed by atoms with Crippen LogP contribution in [0, 0.1) is 0 Å². The lowest BCUT2D eigenvalue weighted by Gasteiger charge is -2.23. The average Bonchev–Trinajstić information content (AvgIpc) is 2.96. The van der Waals surface area contributed by atoms with Gasteiger partial charge in [-0.2, -0.15) is 0 Å². The Kier molecular flexibility index (Phi) is 3.97. The van der Waals surface area contributed by atoms with Gasteiger partial charge in [0, 0.05) is 42.8 Å². The molecule has 0 bridgehead atoms. The van der Waals surface area contributed by atoms with Crippen LogP contribution in [-0.2, 0) is 13.5 Å². The molecule has 17 heavy (non-hydrogen) atoms. The fraction of sp³-hybridized carbons (Fsp3) is 0.462. The molecule has 0 aromatic carbocycles. The second-order valence-corrected chi connectivity index (χ2v) is 5.40. The molecule has 0 spiro atoms. The molecule has 0 aliphatic carbocycles. The first-order valence-corrected chi connectivity index (χ1v) is 6.75. The lowest BCUT2D eigenvalue weighted by Crippen LogP contribution is -2.24. The van der Waals surface area contributed by atoms with E-state index in [-0.39, 0.29) is 0 Å². The van der Waals surface area contributed by atoms with E-state index in [1.807, 2.05) is 30.9 Å². The number of aromatic nitrogens is 2. The highest BCUT2D eigenvalue weighted by Crippen LogP contribution is 2.23. The van der Waals surface area contributed by atoms with Gasteiger partial charge in [-0.25, -0.2) is 4.98 Å². The topological polar surface area (TPSA) is 21.1 Å². The van der Waals surface area contributed by atoms with Gasteiger partial charge in [0.1, 0.15) is 0 Å². The van der Waals surface area contributed by atoms with E-state index in [1.54, 1.807) is 0 Å². The van der Waals surface area contributed by atoms with Crippen molar-refractivity contribution in [3.8, 4) is 0 Å². The predicted molar refractivity (Wildman–Crippen MR) is 72.3 cm³/mol. The standard InChI is InChI=1S/C13H19N3S/c1-11(13-5-4-8-17-13)15(2)7-6-12-9-14-10-16(12)3/h4-5,8-11H,6-7H2,1-3H3. The van der Waals surface area contributed by atoms with E-state index < -0.39 is 0 Å². The number of imidazole rings is 1. The van der Waals surface area contributed by atoms with Crippen molar-refractivity contribution in [2.24, 2.45) is 7.05 Å². The van der Waals surface area contributed by atoms with Crippen molar-refractivity contribution in [3.63, 3.8) is 0 Å². The molecule has 0 N–H and O–H groups in total. The van der Waals surface area contributed by atoms with Crippen LogP contribution in [0.3, 0.4) is 0 Å². The Morgan fingerprint density at radius 1 is 1.53 bits per heavy atom. The van der Waals surface area contributed by atoms with Crippen LogP contribution >= 0.6 is 11.3 Å². The zero-order valence-electron chi connectivity index (χ0n) is 10.6. The molecule has 1 atom stereocenters. The first-order chi connectivity index (χ1) is 8.18. The van der Waals surface area contributed by atoms with Crippen LogP contribution in [0.1, 0.15) is 23.5 Å². The van der Waals surface area contributed by atoms with E-state index in [0.717, 1.165) is 13.0 Å². The predicted octanol–water partition coefficient (Wildman–Crippen LogP) is 2.72. The van der Waals surface area contributed by atoms with Crippen LogP contribution in [0.25, 0.3) is 0 Å². The van der Waals surface area contributed by atoms with Gasteiger partial charge in [0.05, 0.1) is 6.33 Å². The lowest BCUT2D eigenvalue weighted by molar-refractivity contribution is 0.267. The third kappa shape index (κ3) is 2.96. The maximum Gasteiger partial charge on any atom is 0.0945 e. The molecule has 2 aromatic rings. The highest BCUT2D eigenvalue weighted by Gasteiger charge is 2.12. The van der Waals surface area contributed by atoms with Crippen molar-refractivity contribution in [1.82, 2.24) is 14.5 Å². The Morgan fingerprint density at radius 2 is 2.35 bits per heavy atom. The fourth-order valence-electron chi connectivity index (χ4n) is 1.86. The summed E-state index contributed by atoms with van der Waals surface area (Å²) in [5, 5.41) is 2.14. The molecule has 92 valence electrons. The number of likely N-dealkylation sites (N-methyl/N-ethyl adjacent to an activating group) is 1. The molecule has 4 heteroatoms. The molecule has 2 rings (SSSR count). The van der Waals surface area contributed by atoms with Gasteiger partial charge in [0.2, 0.25) is 0 Å². The summed E-state index contributed by atoms with van der Waals surface area (Å²) in [5.74, 6) is 0. The molecule has 0 aliphatic rings. The number of aryl methyl sites for hydroxylation is 1. The summed E-state index contributed by atoms with van der Waals surface area (Å²) < 4.78 is 2.09. The Bertz CT molecular complexity index is 447. The van der Waals surface area contributed by atoms with Gasteiger partial charge in [-0.15, -0.1) is 11.3 Å². The van der Waals surface area contributed by atoms with E-state index in [4.69, 9.17) is 0 Å². The minimum absolute atomic E-state index is 0.489. The zero-order valence-corrected chi connectivity index (χ0v) is 11.4. The van der Waals surface area contributed by atoms with Crippen LogP contribution < -0.4 is 0 Å². The smallest absolute Gasteiger partial charge is 0.0945 e. The molecular weight excluding hydrogens is 230 g/mol. The largest absolute Gasteiger partial charge is 0.338 e. The maximum absolute atomic E-state index is 4.14. The van der Waals surface area contributed by atoms with Crippen LogP contribution in [0.4, 0.5) is 0 Å². The van der Waals surface area contributed by atoms with E-state index in [0.29, 0.717) is 6.04 Å². The normalized spacial score (nSPS) is 13.2. The van der Waals surface area contributed by atoms with Crippen LogP contribution in [0.5, 0.6) is 0 Å². The summed E-state index contributed by atoms with van der Waals surface area (Å²) in [6.45, 7) is 3.31. The van der Waals surface area contributed by atoms with Crippen molar-refractivity contribution >= 4 is 11.3 Å². The number of hydrogen-bond acceptors (Lipinski definition) is 3. The van der Waals surface area contributed by atoms with Crippen molar-refractivity contribution in [2.75, 3.05) is 13.6 Å². The van der Waals surface area contributed by atoms with Crippen molar-refractivity contribution in [1.29, 1.82) is 0 Å².